The minimum Gasteiger partial charge on any atom is -0.493 e. The molecule has 1 saturated carbocycles. The molecule has 1 fully saturated rings. The van der Waals surface area contributed by atoms with E-state index in [-0.39, 0.29) is 17.7 Å². The molecule has 5 heteroatoms. The Morgan fingerprint density at radius 2 is 2.22 bits per heavy atom. The van der Waals surface area contributed by atoms with Gasteiger partial charge in [0, 0.05) is 6.04 Å². The summed E-state index contributed by atoms with van der Waals surface area (Å²) in [5.74, 6) is 0.712. The van der Waals surface area contributed by atoms with E-state index in [4.69, 9.17) is 10.5 Å². The zero-order valence-electron chi connectivity index (χ0n) is 11.4. The molecule has 0 aromatic carbocycles. The molecule has 0 aliphatic heterocycles. The molecule has 0 bridgehead atoms. The van der Waals surface area contributed by atoms with Crippen LogP contribution in [0.4, 0.5) is 0 Å². The van der Waals surface area contributed by atoms with Crippen LogP contribution in [0, 0.1) is 5.92 Å². The molecule has 1 aliphatic carbocycles. The summed E-state index contributed by atoms with van der Waals surface area (Å²) < 4.78 is 6.92. The summed E-state index contributed by atoms with van der Waals surface area (Å²) in [6, 6.07) is 0.0999. The van der Waals surface area contributed by atoms with Crippen LogP contribution in [0.25, 0.3) is 0 Å². The van der Waals surface area contributed by atoms with Gasteiger partial charge in [-0.05, 0) is 39.5 Å². The topological polar surface area (TPSA) is 70.1 Å². The van der Waals surface area contributed by atoms with Gasteiger partial charge in [-0.1, -0.05) is 0 Å². The van der Waals surface area contributed by atoms with Gasteiger partial charge in [-0.2, -0.15) is 5.10 Å². The number of aromatic nitrogens is 2. The molecule has 1 aromatic heterocycles. The van der Waals surface area contributed by atoms with Gasteiger partial charge in [0.15, 0.2) is 5.75 Å². The summed E-state index contributed by atoms with van der Waals surface area (Å²) >= 11 is 0. The number of hydrogen-bond acceptors (Lipinski definition) is 4. The predicted molar refractivity (Wildman–Crippen MR) is 68.8 cm³/mol. The Morgan fingerprint density at radius 1 is 1.61 bits per heavy atom. The van der Waals surface area contributed by atoms with E-state index in [0.29, 0.717) is 11.4 Å². The first-order chi connectivity index (χ1) is 8.39. The van der Waals surface area contributed by atoms with Crippen molar-refractivity contribution in [1.82, 2.24) is 9.78 Å². The molecule has 1 aliphatic rings. The molecule has 0 saturated heterocycles. The molecule has 0 spiro atoms. The molecule has 1 heterocycles. The monoisotopic (exact) mass is 251 g/mol. The average Bonchev–Trinajstić information content (AvgIpc) is 3.07. The van der Waals surface area contributed by atoms with E-state index in [0.717, 1.165) is 12.8 Å². The van der Waals surface area contributed by atoms with Crippen LogP contribution in [-0.2, 0) is 0 Å². The summed E-state index contributed by atoms with van der Waals surface area (Å²) in [7, 11) is 1.55. The Hall–Kier alpha value is -1.36. The predicted octanol–water partition coefficient (Wildman–Crippen LogP) is 1.78. The normalized spacial score (nSPS) is 18.8. The van der Waals surface area contributed by atoms with Crippen molar-refractivity contribution in [2.75, 3.05) is 7.11 Å². The highest BCUT2D eigenvalue weighted by Gasteiger charge is 2.46. The Labute approximate surface area is 107 Å². The van der Waals surface area contributed by atoms with Crippen molar-refractivity contribution in [3.8, 4) is 5.75 Å². The van der Waals surface area contributed by atoms with Gasteiger partial charge in [-0.25, -0.2) is 0 Å². The van der Waals surface area contributed by atoms with Crippen molar-refractivity contribution < 1.29 is 9.53 Å². The van der Waals surface area contributed by atoms with Gasteiger partial charge in [0.05, 0.1) is 18.8 Å². The Kier molecular flexibility index (Phi) is 3.19. The van der Waals surface area contributed by atoms with Gasteiger partial charge in [0.25, 0.3) is 0 Å². The minimum absolute atomic E-state index is 0.0759. The zero-order chi connectivity index (χ0) is 13.5. The molecule has 100 valence electrons. The molecule has 1 unspecified atom stereocenters. The molecule has 5 nitrogen and oxygen atoms in total. The maximum Gasteiger partial charge on any atom is 0.204 e. The highest BCUT2D eigenvalue weighted by atomic mass is 16.5. The number of ketones is 1. The molecule has 2 N–H and O–H groups in total. The van der Waals surface area contributed by atoms with Gasteiger partial charge < -0.3 is 10.5 Å². The highest BCUT2D eigenvalue weighted by molar-refractivity contribution is 6.04. The SMILES string of the molecule is COc1cnn(C(C)C)c1C(=O)C(C)(N)C1CC1. The lowest BCUT2D eigenvalue weighted by Crippen LogP contribution is -2.48. The van der Waals surface area contributed by atoms with Crippen molar-refractivity contribution in [2.45, 2.75) is 45.2 Å². The summed E-state index contributed by atoms with van der Waals surface area (Å²) in [4.78, 5) is 12.6. The fraction of sp³-hybridized carbons (Fsp3) is 0.692. The third-order valence-corrected chi connectivity index (χ3v) is 3.60. The third-order valence-electron chi connectivity index (χ3n) is 3.60. The van der Waals surface area contributed by atoms with E-state index in [1.165, 1.54) is 0 Å². The van der Waals surface area contributed by atoms with Crippen LogP contribution in [-0.4, -0.2) is 28.2 Å². The zero-order valence-corrected chi connectivity index (χ0v) is 11.4. The third kappa shape index (κ3) is 2.03. The van der Waals surface area contributed by atoms with E-state index in [1.807, 2.05) is 20.8 Å². The van der Waals surface area contributed by atoms with E-state index < -0.39 is 5.54 Å². The van der Waals surface area contributed by atoms with Crippen LogP contribution in [0.3, 0.4) is 0 Å². The van der Waals surface area contributed by atoms with Crippen LogP contribution >= 0.6 is 0 Å². The number of rotatable bonds is 5. The van der Waals surface area contributed by atoms with Gasteiger partial charge in [0.1, 0.15) is 5.69 Å². The molecule has 1 aromatic rings. The number of hydrogen-bond donors (Lipinski definition) is 1. The molecule has 0 radical (unpaired) electrons. The first kappa shape index (κ1) is 13.1. The first-order valence-corrected chi connectivity index (χ1v) is 6.34. The number of nitrogens with two attached hydrogens (primary N) is 1. The summed E-state index contributed by atoms with van der Waals surface area (Å²) in [5, 5.41) is 4.22. The van der Waals surface area contributed by atoms with Crippen LogP contribution in [0.15, 0.2) is 6.20 Å². The number of ether oxygens (including phenoxy) is 1. The molecule has 0 amide bonds. The maximum absolute atomic E-state index is 12.6. The van der Waals surface area contributed by atoms with E-state index >= 15 is 0 Å². The molecule has 2 rings (SSSR count). The molecule has 18 heavy (non-hydrogen) atoms. The number of carbonyl (C=O) groups is 1. The smallest absolute Gasteiger partial charge is 0.204 e. The lowest BCUT2D eigenvalue weighted by atomic mass is 9.89. The number of carbonyl (C=O) groups excluding carboxylic acids is 1. The lowest BCUT2D eigenvalue weighted by Gasteiger charge is -2.24. The van der Waals surface area contributed by atoms with Crippen molar-refractivity contribution >= 4 is 5.78 Å². The summed E-state index contributed by atoms with van der Waals surface area (Å²) in [5.41, 5.74) is 5.87. The second kappa shape index (κ2) is 4.39. The Morgan fingerprint density at radius 3 is 2.67 bits per heavy atom. The number of methoxy groups -OCH3 is 1. The summed E-state index contributed by atoms with van der Waals surface area (Å²) in [6.45, 7) is 5.77. The summed E-state index contributed by atoms with van der Waals surface area (Å²) in [6.07, 6.45) is 3.63. The van der Waals surface area contributed by atoms with Crippen molar-refractivity contribution in [3.63, 3.8) is 0 Å². The molecule has 1 atom stereocenters. The largest absolute Gasteiger partial charge is 0.493 e. The minimum atomic E-state index is -0.819. The van der Waals surface area contributed by atoms with Crippen molar-refractivity contribution in [2.24, 2.45) is 11.7 Å². The first-order valence-electron chi connectivity index (χ1n) is 6.34. The highest BCUT2D eigenvalue weighted by Crippen LogP contribution is 2.40. The van der Waals surface area contributed by atoms with Gasteiger partial charge in [-0.15, -0.1) is 0 Å². The van der Waals surface area contributed by atoms with Gasteiger partial charge in [0.2, 0.25) is 5.78 Å². The van der Waals surface area contributed by atoms with Crippen LogP contribution < -0.4 is 10.5 Å². The lowest BCUT2D eigenvalue weighted by molar-refractivity contribution is 0.0866. The van der Waals surface area contributed by atoms with Gasteiger partial charge >= 0.3 is 0 Å². The second-order valence-electron chi connectivity index (χ2n) is 5.49. The van der Waals surface area contributed by atoms with E-state index in [9.17, 15) is 4.79 Å². The number of Topliss-reactive ketones (excluding diaryl/α,β-unsaturated/α-hetero) is 1. The molecular weight excluding hydrogens is 230 g/mol. The quantitative estimate of drug-likeness (QED) is 0.810. The number of nitrogens with zero attached hydrogens (tertiary/aromatic N) is 2. The fourth-order valence-electron chi connectivity index (χ4n) is 2.23. The fourth-order valence-corrected chi connectivity index (χ4v) is 2.23. The Bertz CT molecular complexity index is 459. The average molecular weight is 251 g/mol. The molecular formula is C13H21N3O2. The standard InChI is InChI=1S/C13H21N3O2/c1-8(2)16-11(10(18-4)7-15-16)12(17)13(3,14)9-5-6-9/h7-9H,5-6,14H2,1-4H3. The Balaban J connectivity index is 2.42. The van der Waals surface area contributed by atoms with Crippen molar-refractivity contribution in [1.29, 1.82) is 0 Å². The van der Waals surface area contributed by atoms with Crippen LogP contribution in [0.1, 0.15) is 50.1 Å². The van der Waals surface area contributed by atoms with Crippen LogP contribution in [0.5, 0.6) is 5.75 Å². The van der Waals surface area contributed by atoms with Crippen LogP contribution in [0.2, 0.25) is 0 Å². The second-order valence-corrected chi connectivity index (χ2v) is 5.49. The van der Waals surface area contributed by atoms with E-state index in [2.05, 4.69) is 5.10 Å². The maximum atomic E-state index is 12.6. The van der Waals surface area contributed by atoms with E-state index in [1.54, 1.807) is 18.0 Å². The van der Waals surface area contributed by atoms with Gasteiger partial charge in [-0.3, -0.25) is 9.48 Å². The van der Waals surface area contributed by atoms with Crippen molar-refractivity contribution in [3.05, 3.63) is 11.9 Å².